The van der Waals surface area contributed by atoms with Crippen LogP contribution < -0.4 is 0 Å². The summed E-state index contributed by atoms with van der Waals surface area (Å²) in [4.78, 5) is 4.74. The maximum absolute atomic E-state index is 5.05. The molecule has 0 aliphatic rings. The summed E-state index contributed by atoms with van der Waals surface area (Å²) in [6, 6.07) is 20.4. The zero-order valence-electron chi connectivity index (χ0n) is 12.2. The molecule has 0 N–H and O–H groups in total. The van der Waals surface area contributed by atoms with Crippen molar-refractivity contribution in [3.8, 4) is 22.4 Å². The zero-order valence-corrected chi connectivity index (χ0v) is 12.2. The lowest BCUT2D eigenvalue weighted by Crippen LogP contribution is -1.95. The first-order valence-corrected chi connectivity index (χ1v) is 7.20. The van der Waals surface area contributed by atoms with Crippen LogP contribution in [0, 0.1) is 6.92 Å². The van der Waals surface area contributed by atoms with Crippen LogP contribution in [-0.2, 0) is 0 Å². The molecule has 3 nitrogen and oxygen atoms in total. The molecular formula is C19H14N2O. The topological polar surface area (TPSA) is 38.9 Å². The van der Waals surface area contributed by atoms with Crippen molar-refractivity contribution < 1.29 is 4.52 Å². The lowest BCUT2D eigenvalue weighted by molar-refractivity contribution is 0.422. The van der Waals surface area contributed by atoms with E-state index < -0.39 is 0 Å². The number of rotatable bonds is 2. The third kappa shape index (κ3) is 1.99. The van der Waals surface area contributed by atoms with Crippen LogP contribution in [0.15, 0.2) is 71.4 Å². The fourth-order valence-electron chi connectivity index (χ4n) is 2.89. The predicted octanol–water partition coefficient (Wildman–Crippen LogP) is 4.87. The Kier molecular flexibility index (Phi) is 2.97. The SMILES string of the molecule is Cc1nc2ccccc2c(-c2ccccc2)c1-c1ccon1. The quantitative estimate of drug-likeness (QED) is 0.528. The number of aromatic nitrogens is 2. The molecule has 2 heterocycles. The number of hydrogen-bond donors (Lipinski definition) is 0. The second kappa shape index (κ2) is 5.11. The first-order valence-electron chi connectivity index (χ1n) is 7.20. The van der Waals surface area contributed by atoms with Crippen LogP contribution in [0.4, 0.5) is 0 Å². The molecule has 0 saturated carbocycles. The number of benzene rings is 2. The molecule has 0 aliphatic carbocycles. The summed E-state index contributed by atoms with van der Waals surface area (Å²) in [6.45, 7) is 2.02. The van der Waals surface area contributed by atoms with Crippen molar-refractivity contribution in [1.82, 2.24) is 10.1 Å². The standard InChI is InChI=1S/C19H14N2O/c1-13-18(17-11-12-22-21-17)19(14-7-3-2-4-8-14)15-9-5-6-10-16(15)20-13/h2-12H,1H3. The smallest absolute Gasteiger partial charge is 0.124 e. The molecule has 0 unspecified atom stereocenters. The van der Waals surface area contributed by atoms with Crippen molar-refractivity contribution in [1.29, 1.82) is 0 Å². The molecule has 2 aromatic heterocycles. The molecule has 4 rings (SSSR count). The van der Waals surface area contributed by atoms with Crippen molar-refractivity contribution in [2.45, 2.75) is 6.92 Å². The van der Waals surface area contributed by atoms with E-state index in [4.69, 9.17) is 9.51 Å². The number of hydrogen-bond acceptors (Lipinski definition) is 3. The molecule has 0 atom stereocenters. The highest BCUT2D eigenvalue weighted by molar-refractivity contribution is 6.02. The van der Waals surface area contributed by atoms with Gasteiger partial charge in [-0.15, -0.1) is 0 Å². The van der Waals surface area contributed by atoms with E-state index in [1.54, 1.807) is 6.26 Å². The van der Waals surface area contributed by atoms with Gasteiger partial charge in [0.2, 0.25) is 0 Å². The van der Waals surface area contributed by atoms with E-state index in [9.17, 15) is 0 Å². The Morgan fingerprint density at radius 2 is 1.59 bits per heavy atom. The molecule has 0 fully saturated rings. The highest BCUT2D eigenvalue weighted by atomic mass is 16.5. The van der Waals surface area contributed by atoms with Gasteiger partial charge >= 0.3 is 0 Å². The Morgan fingerprint density at radius 1 is 0.818 bits per heavy atom. The first kappa shape index (κ1) is 12.8. The van der Waals surface area contributed by atoms with E-state index in [1.165, 1.54) is 0 Å². The minimum Gasteiger partial charge on any atom is -0.364 e. The number of aryl methyl sites for hydroxylation is 1. The third-order valence-electron chi connectivity index (χ3n) is 3.83. The molecule has 0 radical (unpaired) electrons. The molecule has 3 heteroatoms. The number of fused-ring (bicyclic) bond motifs is 1. The Balaban J connectivity index is 2.16. The summed E-state index contributed by atoms with van der Waals surface area (Å²) in [7, 11) is 0. The average molecular weight is 286 g/mol. The van der Waals surface area contributed by atoms with E-state index in [0.29, 0.717) is 0 Å². The van der Waals surface area contributed by atoms with E-state index in [0.717, 1.165) is 39.0 Å². The lowest BCUT2D eigenvalue weighted by atomic mass is 9.93. The van der Waals surface area contributed by atoms with Gasteiger partial charge in [0, 0.05) is 28.3 Å². The van der Waals surface area contributed by atoms with Crippen molar-refractivity contribution in [3.05, 3.63) is 72.6 Å². The monoisotopic (exact) mass is 286 g/mol. The average Bonchev–Trinajstić information content (AvgIpc) is 3.08. The van der Waals surface area contributed by atoms with Crippen molar-refractivity contribution in [2.75, 3.05) is 0 Å². The molecule has 0 spiro atoms. The summed E-state index contributed by atoms with van der Waals surface area (Å²) in [5.74, 6) is 0. The van der Waals surface area contributed by atoms with Crippen LogP contribution in [0.3, 0.4) is 0 Å². The van der Waals surface area contributed by atoms with Crippen molar-refractivity contribution >= 4 is 10.9 Å². The van der Waals surface area contributed by atoms with Crippen molar-refractivity contribution in [2.24, 2.45) is 0 Å². The Hall–Kier alpha value is -2.94. The van der Waals surface area contributed by atoms with Gasteiger partial charge in [0.15, 0.2) is 0 Å². The summed E-state index contributed by atoms with van der Waals surface area (Å²) in [6.07, 6.45) is 1.60. The van der Waals surface area contributed by atoms with E-state index >= 15 is 0 Å². The van der Waals surface area contributed by atoms with Gasteiger partial charge in [-0.25, -0.2) is 0 Å². The maximum Gasteiger partial charge on any atom is 0.124 e. The second-order valence-electron chi connectivity index (χ2n) is 5.22. The van der Waals surface area contributed by atoms with Gasteiger partial charge in [-0.1, -0.05) is 53.7 Å². The zero-order chi connectivity index (χ0) is 14.9. The Labute approximate surface area is 128 Å². The molecule has 106 valence electrons. The van der Waals surface area contributed by atoms with E-state index in [-0.39, 0.29) is 0 Å². The highest BCUT2D eigenvalue weighted by Gasteiger charge is 2.17. The molecule has 0 saturated heterocycles. The minimum atomic E-state index is 0.814. The van der Waals surface area contributed by atoms with Crippen LogP contribution in [-0.4, -0.2) is 10.1 Å². The summed E-state index contributed by atoms with van der Waals surface area (Å²) >= 11 is 0. The Morgan fingerprint density at radius 3 is 2.36 bits per heavy atom. The molecular weight excluding hydrogens is 272 g/mol. The molecule has 2 aromatic carbocycles. The van der Waals surface area contributed by atoms with Crippen LogP contribution >= 0.6 is 0 Å². The molecule has 0 aliphatic heterocycles. The summed E-state index contributed by atoms with van der Waals surface area (Å²) < 4.78 is 5.05. The number of nitrogens with zero attached hydrogens (tertiary/aromatic N) is 2. The van der Waals surface area contributed by atoms with Gasteiger partial charge in [-0.2, -0.15) is 0 Å². The number of pyridine rings is 1. The predicted molar refractivity (Wildman–Crippen MR) is 87.4 cm³/mol. The van der Waals surface area contributed by atoms with Crippen LogP contribution in [0.1, 0.15) is 5.69 Å². The van der Waals surface area contributed by atoms with Gasteiger partial charge in [0.1, 0.15) is 12.0 Å². The minimum absolute atomic E-state index is 0.814. The highest BCUT2D eigenvalue weighted by Crippen LogP contribution is 2.38. The molecule has 22 heavy (non-hydrogen) atoms. The van der Waals surface area contributed by atoms with Crippen LogP contribution in [0.25, 0.3) is 33.3 Å². The fourth-order valence-corrected chi connectivity index (χ4v) is 2.89. The van der Waals surface area contributed by atoms with Crippen molar-refractivity contribution in [3.63, 3.8) is 0 Å². The van der Waals surface area contributed by atoms with Gasteiger partial charge < -0.3 is 4.52 Å². The van der Waals surface area contributed by atoms with Gasteiger partial charge in [-0.3, -0.25) is 4.98 Å². The third-order valence-corrected chi connectivity index (χ3v) is 3.83. The first-order chi connectivity index (χ1) is 10.8. The molecule has 4 aromatic rings. The van der Waals surface area contributed by atoms with Crippen LogP contribution in [0.5, 0.6) is 0 Å². The molecule has 0 amide bonds. The Bertz CT molecular complexity index is 928. The van der Waals surface area contributed by atoms with Crippen LogP contribution in [0.2, 0.25) is 0 Å². The van der Waals surface area contributed by atoms with E-state index in [1.807, 2.05) is 49.4 Å². The summed E-state index contributed by atoms with van der Waals surface area (Å²) in [5.41, 5.74) is 6.09. The second-order valence-corrected chi connectivity index (χ2v) is 5.22. The summed E-state index contributed by atoms with van der Waals surface area (Å²) in [5, 5.41) is 5.25. The fraction of sp³-hybridized carbons (Fsp3) is 0.0526. The number of para-hydroxylation sites is 1. The lowest BCUT2D eigenvalue weighted by Gasteiger charge is -2.14. The van der Waals surface area contributed by atoms with E-state index in [2.05, 4.69) is 23.4 Å². The molecule has 0 bridgehead atoms. The van der Waals surface area contributed by atoms with Gasteiger partial charge in [0.05, 0.1) is 5.52 Å². The normalized spacial score (nSPS) is 11.0. The van der Waals surface area contributed by atoms with Gasteiger partial charge in [-0.05, 0) is 18.6 Å². The maximum atomic E-state index is 5.05. The van der Waals surface area contributed by atoms with Gasteiger partial charge in [0.25, 0.3) is 0 Å². The largest absolute Gasteiger partial charge is 0.364 e.